The van der Waals surface area contributed by atoms with Gasteiger partial charge in [0.05, 0.1) is 24.0 Å². The number of rotatable bonds is 6. The minimum Gasteiger partial charge on any atom is -0.494 e. The summed E-state index contributed by atoms with van der Waals surface area (Å²) in [6, 6.07) is 21.5. The molecule has 2 amide bonds. The lowest BCUT2D eigenvalue weighted by Crippen LogP contribution is -2.37. The lowest BCUT2D eigenvalue weighted by Gasteiger charge is -2.28. The van der Waals surface area contributed by atoms with Crippen LogP contribution in [-0.4, -0.2) is 24.5 Å². The fourth-order valence-corrected chi connectivity index (χ4v) is 4.41. The van der Waals surface area contributed by atoms with Crippen LogP contribution in [0.15, 0.2) is 78.9 Å². The number of carbonyl (C=O) groups is 2. The van der Waals surface area contributed by atoms with Gasteiger partial charge in [0.2, 0.25) is 5.91 Å². The van der Waals surface area contributed by atoms with Crippen LogP contribution in [0.1, 0.15) is 24.9 Å². The van der Waals surface area contributed by atoms with E-state index < -0.39 is 29.8 Å². The summed E-state index contributed by atoms with van der Waals surface area (Å²) >= 11 is 0. The van der Waals surface area contributed by atoms with Gasteiger partial charge in [0.25, 0.3) is 5.91 Å². The third kappa shape index (κ3) is 3.74. The van der Waals surface area contributed by atoms with Crippen LogP contribution >= 0.6 is 0 Å². The largest absolute Gasteiger partial charge is 0.494 e. The number of carbonyl (C=O) groups excluding carboxylic acids is 2. The molecule has 2 aliphatic rings. The van der Waals surface area contributed by atoms with Gasteiger partial charge in [-0.25, -0.2) is 14.4 Å². The Labute approximate surface area is 191 Å². The summed E-state index contributed by atoms with van der Waals surface area (Å²) in [7, 11) is 0. The number of nitrogens with zero attached hydrogens (tertiary/aromatic N) is 2. The second-order valence-electron chi connectivity index (χ2n) is 8.07. The molecule has 0 radical (unpaired) electrons. The first-order valence-corrected chi connectivity index (χ1v) is 11.0. The van der Waals surface area contributed by atoms with Crippen LogP contribution < -0.4 is 14.7 Å². The van der Waals surface area contributed by atoms with E-state index in [1.165, 1.54) is 12.1 Å². The van der Waals surface area contributed by atoms with E-state index in [0.717, 1.165) is 11.3 Å². The highest BCUT2D eigenvalue weighted by atomic mass is 19.1. The topological polar surface area (TPSA) is 59.1 Å². The molecule has 6 nitrogen and oxygen atoms in total. The number of ether oxygens (including phenoxy) is 1. The van der Waals surface area contributed by atoms with E-state index in [9.17, 15) is 14.0 Å². The number of hydrogen-bond donors (Lipinski definition) is 0. The molecule has 0 N–H and O–H groups in total. The second kappa shape index (κ2) is 8.67. The normalized spacial score (nSPS) is 22.1. The van der Waals surface area contributed by atoms with Crippen LogP contribution in [-0.2, 0) is 14.4 Å². The Morgan fingerprint density at radius 2 is 1.67 bits per heavy atom. The molecule has 3 aromatic carbocycles. The smallest absolute Gasteiger partial charge is 0.266 e. The summed E-state index contributed by atoms with van der Waals surface area (Å²) in [5.41, 5.74) is 1.71. The molecule has 0 saturated carbocycles. The summed E-state index contributed by atoms with van der Waals surface area (Å²) < 4.78 is 19.7. The van der Waals surface area contributed by atoms with Gasteiger partial charge >= 0.3 is 0 Å². The van der Waals surface area contributed by atoms with Crippen LogP contribution in [0.5, 0.6) is 5.75 Å². The fraction of sp³-hybridized carbons (Fsp3) is 0.231. The van der Waals surface area contributed by atoms with Gasteiger partial charge in [-0.3, -0.25) is 14.4 Å². The summed E-state index contributed by atoms with van der Waals surface area (Å²) in [5, 5.41) is 1.55. The zero-order valence-corrected chi connectivity index (χ0v) is 18.1. The summed E-state index contributed by atoms with van der Waals surface area (Å²) in [4.78, 5) is 34.1. The zero-order chi connectivity index (χ0) is 22.9. The van der Waals surface area contributed by atoms with E-state index in [1.807, 2.05) is 37.3 Å². The van der Waals surface area contributed by atoms with Gasteiger partial charge in [0, 0.05) is 0 Å². The van der Waals surface area contributed by atoms with E-state index in [2.05, 4.69) is 0 Å². The number of hydroxylamine groups is 1. The molecule has 0 spiro atoms. The number of anilines is 2. The second-order valence-corrected chi connectivity index (χ2v) is 8.07. The Balaban J connectivity index is 1.50. The lowest BCUT2D eigenvalue weighted by molar-refractivity contribution is -0.126. The maximum Gasteiger partial charge on any atom is 0.266 e. The standard InChI is InChI=1S/C26H23FN2O4/c1-2-15-32-21-13-11-19(12-14-21)28-25(30)22-23(17-7-6-8-18(27)16-17)29(33-24(22)26(28)31)20-9-4-3-5-10-20/h3-14,16,22-24H,2,15H2,1H3/t22-,23+,24-/m0/s1. The maximum atomic E-state index is 14.1. The SMILES string of the molecule is CCCOc1ccc(N2C(=O)[C@@H]3[C@H](ON(c4ccccc4)[C@@H]3c3cccc(F)c3)C2=O)cc1. The minimum atomic E-state index is -0.998. The van der Waals surface area contributed by atoms with Crippen molar-refractivity contribution in [1.29, 1.82) is 0 Å². The van der Waals surface area contributed by atoms with E-state index in [1.54, 1.807) is 41.5 Å². The van der Waals surface area contributed by atoms with Gasteiger partial charge in [-0.05, 0) is 60.5 Å². The molecule has 3 aromatic rings. The van der Waals surface area contributed by atoms with Crippen molar-refractivity contribution in [2.75, 3.05) is 16.6 Å². The quantitative estimate of drug-likeness (QED) is 0.515. The molecule has 0 bridgehead atoms. The predicted octanol–water partition coefficient (Wildman–Crippen LogP) is 4.67. The van der Waals surface area contributed by atoms with Gasteiger partial charge in [0.1, 0.15) is 17.5 Å². The molecule has 3 atom stereocenters. The summed E-state index contributed by atoms with van der Waals surface area (Å²) in [5.74, 6) is -1.37. The van der Waals surface area contributed by atoms with Crippen molar-refractivity contribution in [3.63, 3.8) is 0 Å². The number of hydrogen-bond acceptors (Lipinski definition) is 5. The molecule has 5 rings (SSSR count). The van der Waals surface area contributed by atoms with Crippen LogP contribution in [0.2, 0.25) is 0 Å². The zero-order valence-electron chi connectivity index (χ0n) is 18.1. The number of halogens is 1. The highest BCUT2D eigenvalue weighted by Gasteiger charge is 2.60. The molecule has 2 fully saturated rings. The van der Waals surface area contributed by atoms with Crippen molar-refractivity contribution in [1.82, 2.24) is 0 Å². The number of amides is 2. The Hall–Kier alpha value is -3.71. The Bertz CT molecular complexity index is 1170. The number of imide groups is 1. The van der Waals surface area contributed by atoms with Gasteiger partial charge in [0.15, 0.2) is 6.10 Å². The fourth-order valence-electron chi connectivity index (χ4n) is 4.41. The van der Waals surface area contributed by atoms with Gasteiger partial charge in [-0.2, -0.15) is 0 Å². The lowest BCUT2D eigenvalue weighted by atomic mass is 9.90. The van der Waals surface area contributed by atoms with Gasteiger partial charge < -0.3 is 4.74 Å². The number of benzene rings is 3. The monoisotopic (exact) mass is 446 g/mol. The molecule has 2 heterocycles. The third-order valence-corrected chi connectivity index (χ3v) is 5.88. The van der Waals surface area contributed by atoms with Crippen molar-refractivity contribution < 1.29 is 23.6 Å². The van der Waals surface area contributed by atoms with Crippen LogP contribution in [0.3, 0.4) is 0 Å². The molecular formula is C26H23FN2O4. The molecule has 0 unspecified atom stereocenters. The molecule has 168 valence electrons. The molecular weight excluding hydrogens is 423 g/mol. The molecule has 0 aromatic heterocycles. The van der Waals surface area contributed by atoms with Crippen molar-refractivity contribution in [3.8, 4) is 5.75 Å². The van der Waals surface area contributed by atoms with Gasteiger partial charge in [-0.15, -0.1) is 0 Å². The van der Waals surface area contributed by atoms with Crippen molar-refractivity contribution in [3.05, 3.63) is 90.2 Å². The Morgan fingerprint density at radius 1 is 0.909 bits per heavy atom. The number of fused-ring (bicyclic) bond motifs is 1. The molecule has 33 heavy (non-hydrogen) atoms. The first-order chi connectivity index (χ1) is 16.1. The van der Waals surface area contributed by atoms with E-state index in [0.29, 0.717) is 29.3 Å². The summed E-state index contributed by atoms with van der Waals surface area (Å²) in [6.07, 6.45) is -0.118. The van der Waals surface area contributed by atoms with E-state index >= 15 is 0 Å². The average molecular weight is 446 g/mol. The van der Waals surface area contributed by atoms with E-state index in [4.69, 9.17) is 9.57 Å². The first-order valence-electron chi connectivity index (χ1n) is 11.0. The van der Waals surface area contributed by atoms with Crippen LogP contribution in [0.25, 0.3) is 0 Å². The van der Waals surface area contributed by atoms with Gasteiger partial charge in [-0.1, -0.05) is 37.3 Å². The maximum absolute atomic E-state index is 14.1. The summed E-state index contributed by atoms with van der Waals surface area (Å²) in [6.45, 7) is 2.60. The van der Waals surface area contributed by atoms with Crippen LogP contribution in [0.4, 0.5) is 15.8 Å². The van der Waals surface area contributed by atoms with Crippen molar-refractivity contribution >= 4 is 23.2 Å². The minimum absolute atomic E-state index is 0.375. The predicted molar refractivity (Wildman–Crippen MR) is 121 cm³/mol. The highest BCUT2D eigenvalue weighted by molar-refractivity contribution is 6.23. The first kappa shape index (κ1) is 21.2. The Morgan fingerprint density at radius 3 is 2.36 bits per heavy atom. The molecule has 2 saturated heterocycles. The van der Waals surface area contributed by atoms with E-state index in [-0.39, 0.29) is 5.91 Å². The number of para-hydroxylation sites is 1. The molecule has 2 aliphatic heterocycles. The van der Waals surface area contributed by atoms with Crippen LogP contribution in [0, 0.1) is 11.7 Å². The highest BCUT2D eigenvalue weighted by Crippen LogP contribution is 2.47. The molecule has 7 heteroatoms. The molecule has 0 aliphatic carbocycles. The third-order valence-electron chi connectivity index (χ3n) is 5.88. The van der Waals surface area contributed by atoms with Crippen molar-refractivity contribution in [2.45, 2.75) is 25.5 Å². The average Bonchev–Trinajstić information content (AvgIpc) is 3.35. The Kier molecular flexibility index (Phi) is 5.56. The van der Waals surface area contributed by atoms with Crippen molar-refractivity contribution in [2.24, 2.45) is 5.92 Å².